The van der Waals surface area contributed by atoms with Crippen LogP contribution in [-0.2, 0) is 11.3 Å². The van der Waals surface area contributed by atoms with E-state index in [9.17, 15) is 14.4 Å². The summed E-state index contributed by atoms with van der Waals surface area (Å²) in [5.74, 6) is -1.23. The lowest BCUT2D eigenvalue weighted by atomic mass is 10.0. The number of benzene rings is 1. The van der Waals surface area contributed by atoms with E-state index in [1.807, 2.05) is 25.3 Å². The molecule has 0 spiro atoms. The predicted octanol–water partition coefficient (Wildman–Crippen LogP) is 3.79. The second kappa shape index (κ2) is 7.32. The lowest BCUT2D eigenvalue weighted by molar-refractivity contribution is -0.136. The van der Waals surface area contributed by atoms with Gasteiger partial charge >= 0.3 is 0 Å². The second-order valence-corrected chi connectivity index (χ2v) is 8.55. The highest BCUT2D eigenvalue weighted by atomic mass is 79.9. The fourth-order valence-electron chi connectivity index (χ4n) is 3.13. The van der Waals surface area contributed by atoms with E-state index < -0.39 is 17.9 Å². The molecule has 1 aromatic carbocycles. The zero-order valence-electron chi connectivity index (χ0n) is 14.7. The Labute approximate surface area is 164 Å². The van der Waals surface area contributed by atoms with Crippen molar-refractivity contribution in [3.63, 3.8) is 0 Å². The van der Waals surface area contributed by atoms with Crippen LogP contribution in [0.3, 0.4) is 0 Å². The average molecular weight is 435 g/mol. The van der Waals surface area contributed by atoms with E-state index in [1.165, 1.54) is 0 Å². The quantitative estimate of drug-likeness (QED) is 0.672. The Morgan fingerprint density at radius 1 is 1.19 bits per heavy atom. The Bertz CT molecular complexity index is 842. The predicted molar refractivity (Wildman–Crippen MR) is 104 cm³/mol. The highest BCUT2D eigenvalue weighted by molar-refractivity contribution is 9.10. The molecule has 26 heavy (non-hydrogen) atoms. The normalized spacial score (nSPS) is 14.7. The zero-order chi connectivity index (χ0) is 19.0. The topological polar surface area (TPSA) is 57.7 Å². The van der Waals surface area contributed by atoms with Crippen LogP contribution in [0.2, 0.25) is 0 Å². The van der Waals surface area contributed by atoms with Gasteiger partial charge in [0.15, 0.2) is 0 Å². The lowest BCUT2D eigenvalue weighted by Gasteiger charge is -2.31. The van der Waals surface area contributed by atoms with Crippen LogP contribution in [0, 0.1) is 5.92 Å². The van der Waals surface area contributed by atoms with Crippen molar-refractivity contribution in [2.24, 2.45) is 5.92 Å². The summed E-state index contributed by atoms with van der Waals surface area (Å²) in [7, 11) is 1.70. The van der Waals surface area contributed by atoms with Crippen LogP contribution in [0.4, 0.5) is 0 Å². The highest BCUT2D eigenvalue weighted by Crippen LogP contribution is 2.28. The molecule has 5 nitrogen and oxygen atoms in total. The van der Waals surface area contributed by atoms with Crippen molar-refractivity contribution in [1.82, 2.24) is 9.80 Å². The van der Waals surface area contributed by atoms with Crippen LogP contribution < -0.4 is 0 Å². The molecule has 0 saturated carbocycles. The smallest absolute Gasteiger partial charge is 0.262 e. The van der Waals surface area contributed by atoms with Crippen molar-refractivity contribution < 1.29 is 14.4 Å². The summed E-state index contributed by atoms with van der Waals surface area (Å²) in [6.45, 7) is 4.13. The molecule has 0 bridgehead atoms. The van der Waals surface area contributed by atoms with Gasteiger partial charge in [0.05, 0.1) is 17.7 Å². The SMILES string of the molecule is CC(C)C(C(=O)N(C)Cc1cc(Br)cs1)N1C(=O)c2ccccc2C1=O. The van der Waals surface area contributed by atoms with Crippen molar-refractivity contribution >= 4 is 45.0 Å². The molecule has 1 aliphatic rings. The van der Waals surface area contributed by atoms with Crippen LogP contribution >= 0.6 is 27.3 Å². The number of amides is 3. The molecule has 2 aromatic rings. The molecular formula is C19H19BrN2O3S. The van der Waals surface area contributed by atoms with Gasteiger partial charge in [0, 0.05) is 21.8 Å². The average Bonchev–Trinajstić information content (AvgIpc) is 3.11. The number of imide groups is 1. The van der Waals surface area contributed by atoms with Crippen LogP contribution in [0.5, 0.6) is 0 Å². The number of carbonyl (C=O) groups excluding carboxylic acids is 3. The van der Waals surface area contributed by atoms with Crippen molar-refractivity contribution in [2.45, 2.75) is 26.4 Å². The summed E-state index contributed by atoms with van der Waals surface area (Å²) in [6, 6.07) is 7.84. The second-order valence-electron chi connectivity index (χ2n) is 6.64. The number of fused-ring (bicyclic) bond motifs is 1. The summed E-state index contributed by atoms with van der Waals surface area (Å²) in [4.78, 5) is 42.4. The van der Waals surface area contributed by atoms with Gasteiger partial charge in [0.2, 0.25) is 5.91 Å². The number of likely N-dealkylation sites (N-methyl/N-ethyl adjacent to an activating group) is 1. The van der Waals surface area contributed by atoms with Gasteiger partial charge in [-0.15, -0.1) is 11.3 Å². The molecule has 1 unspecified atom stereocenters. The third-order valence-corrected chi connectivity index (χ3v) is 6.06. The molecule has 2 heterocycles. The largest absolute Gasteiger partial charge is 0.339 e. The van der Waals surface area contributed by atoms with Gasteiger partial charge in [0.25, 0.3) is 11.8 Å². The maximum absolute atomic E-state index is 13.1. The Balaban J connectivity index is 1.86. The molecule has 1 aliphatic heterocycles. The maximum atomic E-state index is 13.1. The van der Waals surface area contributed by atoms with Crippen LogP contribution in [0.25, 0.3) is 0 Å². The summed E-state index contributed by atoms with van der Waals surface area (Å²) in [5, 5.41) is 1.96. The number of hydrogen-bond donors (Lipinski definition) is 0. The van der Waals surface area contributed by atoms with Gasteiger partial charge in [-0.05, 0) is 40.0 Å². The molecule has 1 aromatic heterocycles. The van der Waals surface area contributed by atoms with Gasteiger partial charge in [-0.3, -0.25) is 19.3 Å². The number of thiophene rings is 1. The van der Waals surface area contributed by atoms with Gasteiger partial charge < -0.3 is 4.90 Å². The first-order valence-electron chi connectivity index (χ1n) is 8.26. The molecule has 3 amide bonds. The van der Waals surface area contributed by atoms with E-state index in [2.05, 4.69) is 15.9 Å². The first-order chi connectivity index (χ1) is 12.3. The third-order valence-electron chi connectivity index (χ3n) is 4.38. The molecular weight excluding hydrogens is 416 g/mol. The van der Waals surface area contributed by atoms with Crippen molar-refractivity contribution in [3.8, 4) is 0 Å². The fourth-order valence-corrected chi connectivity index (χ4v) is 4.63. The molecule has 0 N–H and O–H groups in total. The van der Waals surface area contributed by atoms with E-state index >= 15 is 0 Å². The van der Waals surface area contributed by atoms with Crippen LogP contribution in [0.15, 0.2) is 40.2 Å². The van der Waals surface area contributed by atoms with Gasteiger partial charge in [-0.25, -0.2) is 0 Å². The highest BCUT2D eigenvalue weighted by Gasteiger charge is 2.44. The van der Waals surface area contributed by atoms with E-state index in [0.29, 0.717) is 17.7 Å². The Morgan fingerprint density at radius 3 is 2.23 bits per heavy atom. The minimum Gasteiger partial charge on any atom is -0.339 e. The molecule has 0 saturated heterocycles. The lowest BCUT2D eigenvalue weighted by Crippen LogP contribution is -2.52. The van der Waals surface area contributed by atoms with Crippen LogP contribution in [-0.4, -0.2) is 40.6 Å². The minimum absolute atomic E-state index is 0.192. The molecule has 1 atom stereocenters. The summed E-state index contributed by atoms with van der Waals surface area (Å²) < 4.78 is 0.971. The molecule has 136 valence electrons. The van der Waals surface area contributed by atoms with Crippen molar-refractivity contribution in [1.29, 1.82) is 0 Å². The van der Waals surface area contributed by atoms with Gasteiger partial charge in [-0.2, -0.15) is 0 Å². The van der Waals surface area contributed by atoms with Crippen molar-refractivity contribution in [2.75, 3.05) is 7.05 Å². The van der Waals surface area contributed by atoms with Crippen LogP contribution in [0.1, 0.15) is 39.4 Å². The Morgan fingerprint density at radius 2 is 1.77 bits per heavy atom. The number of nitrogens with zero attached hydrogens (tertiary/aromatic N) is 2. The molecule has 0 aliphatic carbocycles. The third kappa shape index (κ3) is 3.33. The number of carbonyl (C=O) groups is 3. The minimum atomic E-state index is -0.823. The first-order valence-corrected chi connectivity index (χ1v) is 9.93. The summed E-state index contributed by atoms with van der Waals surface area (Å²) >= 11 is 4.96. The molecule has 3 rings (SSSR count). The van der Waals surface area contributed by atoms with E-state index in [4.69, 9.17) is 0 Å². The van der Waals surface area contributed by atoms with E-state index in [1.54, 1.807) is 47.5 Å². The molecule has 7 heteroatoms. The van der Waals surface area contributed by atoms with E-state index in [-0.39, 0.29) is 11.8 Å². The monoisotopic (exact) mass is 434 g/mol. The number of rotatable bonds is 5. The zero-order valence-corrected chi connectivity index (χ0v) is 17.1. The number of hydrogen-bond acceptors (Lipinski definition) is 4. The Kier molecular flexibility index (Phi) is 5.29. The summed E-state index contributed by atoms with van der Waals surface area (Å²) in [5.41, 5.74) is 0.724. The number of halogens is 1. The first kappa shape index (κ1) is 18.8. The van der Waals surface area contributed by atoms with E-state index in [0.717, 1.165) is 14.2 Å². The van der Waals surface area contributed by atoms with Gasteiger partial charge in [0.1, 0.15) is 6.04 Å². The maximum Gasteiger partial charge on any atom is 0.262 e. The Hall–Kier alpha value is -1.99. The van der Waals surface area contributed by atoms with Gasteiger partial charge in [-0.1, -0.05) is 26.0 Å². The molecule has 0 radical (unpaired) electrons. The molecule has 0 fully saturated rings. The van der Waals surface area contributed by atoms with Crippen molar-refractivity contribution in [3.05, 3.63) is 56.2 Å². The summed E-state index contributed by atoms with van der Waals surface area (Å²) in [6.07, 6.45) is 0. The standard InChI is InChI=1S/C19H19BrN2O3S/c1-11(2)16(19(25)21(3)9-13-8-12(20)10-26-13)22-17(23)14-6-4-5-7-15(14)18(22)24/h4-8,10-11,16H,9H2,1-3H3. The fraction of sp³-hybridized carbons (Fsp3) is 0.316.